The summed E-state index contributed by atoms with van der Waals surface area (Å²) in [6.07, 6.45) is 1.37. The van der Waals surface area contributed by atoms with E-state index in [0.717, 1.165) is 12.1 Å². The first-order chi connectivity index (χ1) is 7.11. The second-order valence-electron chi connectivity index (χ2n) is 3.77. The molecule has 15 heavy (non-hydrogen) atoms. The number of carbonyl (C=O) groups is 1. The monoisotopic (exact) mass is 206 g/mol. The highest BCUT2D eigenvalue weighted by molar-refractivity contribution is 5.75. The molecule has 0 fully saturated rings. The fourth-order valence-corrected chi connectivity index (χ4v) is 1.44. The molecule has 1 aromatic rings. The summed E-state index contributed by atoms with van der Waals surface area (Å²) in [6, 6.07) is 7.91. The molecule has 0 aliphatic heterocycles. The Morgan fingerprint density at radius 3 is 2.53 bits per heavy atom. The number of carbonyl (C=O) groups excluding carboxylic acids is 1. The third-order valence-electron chi connectivity index (χ3n) is 2.25. The van der Waals surface area contributed by atoms with Gasteiger partial charge in [0.05, 0.1) is 0 Å². The first-order valence-electron chi connectivity index (χ1n) is 5.25. The standard InChI is InChI=1S/C12H18N2O/c1-3-12(15)14-9(2)8-10-4-6-11(13)7-5-10/h4-7,9H,3,8,13H2,1-2H3,(H,14,15). The number of benzene rings is 1. The number of anilines is 1. The highest BCUT2D eigenvalue weighted by atomic mass is 16.1. The maximum Gasteiger partial charge on any atom is 0.219 e. The lowest BCUT2D eigenvalue weighted by Crippen LogP contribution is -2.33. The lowest BCUT2D eigenvalue weighted by molar-refractivity contribution is -0.121. The number of rotatable bonds is 4. The number of hydrogen-bond donors (Lipinski definition) is 2. The Kier molecular flexibility index (Phi) is 4.16. The largest absolute Gasteiger partial charge is 0.399 e. The van der Waals surface area contributed by atoms with Gasteiger partial charge in [-0.3, -0.25) is 4.79 Å². The number of nitrogens with two attached hydrogens (primary N) is 1. The molecule has 82 valence electrons. The first-order valence-corrected chi connectivity index (χ1v) is 5.25. The molecule has 0 aliphatic carbocycles. The molecule has 1 aromatic carbocycles. The molecular formula is C12H18N2O. The SMILES string of the molecule is CCC(=O)NC(C)Cc1ccc(N)cc1. The maximum atomic E-state index is 11.1. The molecule has 0 heterocycles. The molecule has 1 rings (SSSR count). The molecule has 3 nitrogen and oxygen atoms in total. The summed E-state index contributed by atoms with van der Waals surface area (Å²) in [7, 11) is 0. The van der Waals surface area contributed by atoms with Crippen molar-refractivity contribution in [3.63, 3.8) is 0 Å². The van der Waals surface area contributed by atoms with E-state index in [1.54, 1.807) is 0 Å². The third-order valence-corrected chi connectivity index (χ3v) is 2.25. The van der Waals surface area contributed by atoms with Crippen LogP contribution in [0.3, 0.4) is 0 Å². The van der Waals surface area contributed by atoms with Crippen LogP contribution in [0.2, 0.25) is 0 Å². The molecule has 0 spiro atoms. The molecule has 0 bridgehead atoms. The summed E-state index contributed by atoms with van der Waals surface area (Å²) in [5, 5.41) is 2.92. The van der Waals surface area contributed by atoms with Crippen LogP contribution < -0.4 is 11.1 Å². The summed E-state index contributed by atoms with van der Waals surface area (Å²) in [6.45, 7) is 3.86. The summed E-state index contributed by atoms with van der Waals surface area (Å²) in [4.78, 5) is 11.1. The minimum Gasteiger partial charge on any atom is -0.399 e. The van der Waals surface area contributed by atoms with Gasteiger partial charge in [0.25, 0.3) is 0 Å². The van der Waals surface area contributed by atoms with Gasteiger partial charge in [0.15, 0.2) is 0 Å². The molecule has 1 amide bonds. The van der Waals surface area contributed by atoms with E-state index in [2.05, 4.69) is 5.32 Å². The van der Waals surface area contributed by atoms with Gasteiger partial charge in [0.2, 0.25) is 5.91 Å². The van der Waals surface area contributed by atoms with Crippen LogP contribution in [0.4, 0.5) is 5.69 Å². The minimum atomic E-state index is 0.0953. The first kappa shape index (κ1) is 11.6. The van der Waals surface area contributed by atoms with Gasteiger partial charge in [-0.15, -0.1) is 0 Å². The Hall–Kier alpha value is -1.51. The van der Waals surface area contributed by atoms with E-state index >= 15 is 0 Å². The highest BCUT2D eigenvalue weighted by Crippen LogP contribution is 2.07. The smallest absolute Gasteiger partial charge is 0.219 e. The Bertz CT molecular complexity index is 319. The number of hydrogen-bond acceptors (Lipinski definition) is 2. The van der Waals surface area contributed by atoms with Crippen molar-refractivity contribution in [2.45, 2.75) is 32.7 Å². The van der Waals surface area contributed by atoms with E-state index < -0.39 is 0 Å². The predicted octanol–water partition coefficient (Wildman–Crippen LogP) is 1.73. The van der Waals surface area contributed by atoms with Crippen LogP contribution in [-0.2, 0) is 11.2 Å². The Morgan fingerprint density at radius 1 is 1.40 bits per heavy atom. The van der Waals surface area contributed by atoms with Gasteiger partial charge in [-0.2, -0.15) is 0 Å². The number of nitrogens with one attached hydrogen (secondary N) is 1. The Morgan fingerprint density at radius 2 is 2.00 bits per heavy atom. The van der Waals surface area contributed by atoms with Crippen LogP contribution in [0.15, 0.2) is 24.3 Å². The predicted molar refractivity (Wildman–Crippen MR) is 62.5 cm³/mol. The highest BCUT2D eigenvalue weighted by Gasteiger charge is 2.05. The maximum absolute atomic E-state index is 11.1. The van der Waals surface area contributed by atoms with Gasteiger partial charge < -0.3 is 11.1 Å². The van der Waals surface area contributed by atoms with Crippen molar-refractivity contribution in [1.82, 2.24) is 5.32 Å². The minimum absolute atomic E-state index is 0.0953. The second-order valence-corrected chi connectivity index (χ2v) is 3.77. The Labute approximate surface area is 90.7 Å². The third kappa shape index (κ3) is 4.02. The van der Waals surface area contributed by atoms with Crippen LogP contribution >= 0.6 is 0 Å². The summed E-state index contributed by atoms with van der Waals surface area (Å²) >= 11 is 0. The van der Waals surface area contributed by atoms with Crippen molar-refractivity contribution in [3.8, 4) is 0 Å². The quantitative estimate of drug-likeness (QED) is 0.737. The van der Waals surface area contributed by atoms with Gasteiger partial charge >= 0.3 is 0 Å². The van der Waals surface area contributed by atoms with Gasteiger partial charge in [-0.1, -0.05) is 19.1 Å². The number of nitrogen functional groups attached to an aromatic ring is 1. The molecule has 0 saturated carbocycles. The van der Waals surface area contributed by atoms with Crippen LogP contribution in [0, 0.1) is 0 Å². The average molecular weight is 206 g/mol. The van der Waals surface area contributed by atoms with Gasteiger partial charge in [-0.25, -0.2) is 0 Å². The molecule has 3 N–H and O–H groups in total. The molecular weight excluding hydrogens is 188 g/mol. The van der Waals surface area contributed by atoms with Crippen molar-refractivity contribution in [2.75, 3.05) is 5.73 Å². The molecule has 0 aromatic heterocycles. The molecule has 1 atom stereocenters. The topological polar surface area (TPSA) is 55.1 Å². The lowest BCUT2D eigenvalue weighted by atomic mass is 10.1. The summed E-state index contributed by atoms with van der Waals surface area (Å²) in [5.41, 5.74) is 7.55. The molecule has 1 unspecified atom stereocenters. The second kappa shape index (κ2) is 5.39. The van der Waals surface area contributed by atoms with Crippen LogP contribution in [-0.4, -0.2) is 11.9 Å². The van der Waals surface area contributed by atoms with E-state index in [0.29, 0.717) is 6.42 Å². The zero-order chi connectivity index (χ0) is 11.3. The summed E-state index contributed by atoms with van der Waals surface area (Å²) in [5.74, 6) is 0.0953. The van der Waals surface area contributed by atoms with Crippen molar-refractivity contribution >= 4 is 11.6 Å². The fraction of sp³-hybridized carbons (Fsp3) is 0.417. The zero-order valence-corrected chi connectivity index (χ0v) is 9.29. The van der Waals surface area contributed by atoms with E-state index in [4.69, 9.17) is 5.73 Å². The van der Waals surface area contributed by atoms with E-state index in [9.17, 15) is 4.79 Å². The van der Waals surface area contributed by atoms with E-state index in [1.165, 1.54) is 5.56 Å². The Balaban J connectivity index is 2.47. The van der Waals surface area contributed by atoms with Crippen molar-refractivity contribution in [3.05, 3.63) is 29.8 Å². The van der Waals surface area contributed by atoms with E-state index in [1.807, 2.05) is 38.1 Å². The molecule has 0 radical (unpaired) electrons. The average Bonchev–Trinajstić information content (AvgIpc) is 2.21. The van der Waals surface area contributed by atoms with Gasteiger partial charge in [-0.05, 0) is 31.0 Å². The van der Waals surface area contributed by atoms with Crippen LogP contribution in [0.1, 0.15) is 25.8 Å². The molecule has 3 heteroatoms. The van der Waals surface area contributed by atoms with Gasteiger partial charge in [0, 0.05) is 18.2 Å². The summed E-state index contributed by atoms with van der Waals surface area (Å²) < 4.78 is 0. The fourth-order valence-electron chi connectivity index (χ4n) is 1.44. The van der Waals surface area contributed by atoms with Crippen molar-refractivity contribution < 1.29 is 4.79 Å². The molecule has 0 saturated heterocycles. The normalized spacial score (nSPS) is 12.1. The number of amides is 1. The van der Waals surface area contributed by atoms with Crippen LogP contribution in [0.5, 0.6) is 0 Å². The van der Waals surface area contributed by atoms with Gasteiger partial charge in [0.1, 0.15) is 0 Å². The molecule has 0 aliphatic rings. The van der Waals surface area contributed by atoms with Crippen LogP contribution in [0.25, 0.3) is 0 Å². The zero-order valence-electron chi connectivity index (χ0n) is 9.29. The van der Waals surface area contributed by atoms with E-state index in [-0.39, 0.29) is 11.9 Å². The lowest BCUT2D eigenvalue weighted by Gasteiger charge is -2.13. The van der Waals surface area contributed by atoms with Crippen molar-refractivity contribution in [1.29, 1.82) is 0 Å². The van der Waals surface area contributed by atoms with Crippen molar-refractivity contribution in [2.24, 2.45) is 0 Å².